The maximum absolute atomic E-state index is 12.0. The van der Waals surface area contributed by atoms with Crippen molar-refractivity contribution in [2.24, 2.45) is 5.92 Å². The van der Waals surface area contributed by atoms with Gasteiger partial charge in [0.15, 0.2) is 0 Å². The molecule has 0 radical (unpaired) electrons. The van der Waals surface area contributed by atoms with Crippen LogP contribution in [0.15, 0.2) is 24.3 Å². The van der Waals surface area contributed by atoms with Gasteiger partial charge in [-0.1, -0.05) is 43.0 Å². The van der Waals surface area contributed by atoms with Gasteiger partial charge in [0.1, 0.15) is 6.54 Å². The van der Waals surface area contributed by atoms with Crippen LogP contribution >= 0.6 is 11.6 Å². The topological polar surface area (TPSA) is 72.7 Å². The molecule has 122 valence electrons. The van der Waals surface area contributed by atoms with Crippen molar-refractivity contribution in [3.8, 4) is 11.4 Å². The standard InChI is InChI=1S/C16H20ClN5O/c17-14-8-4-7-13(9-14)16-19-21-22(20-16)11-15(23)18-10-12-5-2-1-3-6-12/h4,7-9,12H,1-3,5-6,10-11H2,(H,18,23). The lowest BCUT2D eigenvalue weighted by molar-refractivity contribution is -0.122. The molecule has 0 saturated heterocycles. The molecule has 0 spiro atoms. The maximum atomic E-state index is 12.0. The van der Waals surface area contributed by atoms with Crippen molar-refractivity contribution in [1.82, 2.24) is 25.5 Å². The van der Waals surface area contributed by atoms with Gasteiger partial charge in [0.05, 0.1) is 0 Å². The van der Waals surface area contributed by atoms with E-state index in [4.69, 9.17) is 11.6 Å². The Labute approximate surface area is 140 Å². The number of rotatable bonds is 5. The second-order valence-corrected chi connectivity index (χ2v) is 6.40. The molecule has 0 aliphatic heterocycles. The van der Waals surface area contributed by atoms with E-state index in [1.807, 2.05) is 12.1 Å². The Bertz CT molecular complexity index is 666. The van der Waals surface area contributed by atoms with E-state index < -0.39 is 0 Å². The highest BCUT2D eigenvalue weighted by atomic mass is 35.5. The van der Waals surface area contributed by atoms with Gasteiger partial charge in [-0.2, -0.15) is 4.80 Å². The number of nitrogens with zero attached hydrogens (tertiary/aromatic N) is 4. The van der Waals surface area contributed by atoms with E-state index in [0.29, 0.717) is 16.8 Å². The summed E-state index contributed by atoms with van der Waals surface area (Å²) in [5.74, 6) is 0.997. The molecule has 1 saturated carbocycles. The zero-order chi connectivity index (χ0) is 16.1. The van der Waals surface area contributed by atoms with E-state index in [-0.39, 0.29) is 12.5 Å². The minimum absolute atomic E-state index is 0.0781. The molecule has 1 heterocycles. The number of halogens is 1. The molecule has 1 aromatic carbocycles. The number of hydrogen-bond donors (Lipinski definition) is 1. The minimum atomic E-state index is -0.0781. The molecule has 1 aliphatic rings. The number of amides is 1. The number of carbonyl (C=O) groups is 1. The molecule has 1 N–H and O–H groups in total. The lowest BCUT2D eigenvalue weighted by Crippen LogP contribution is -2.33. The predicted octanol–water partition coefficient (Wildman–Crippen LogP) is 2.69. The average molecular weight is 334 g/mol. The molecular formula is C16H20ClN5O. The van der Waals surface area contributed by atoms with Crippen LogP contribution < -0.4 is 5.32 Å². The van der Waals surface area contributed by atoms with Crippen molar-refractivity contribution < 1.29 is 4.79 Å². The first kappa shape index (κ1) is 15.9. The van der Waals surface area contributed by atoms with Crippen LogP contribution in [0.1, 0.15) is 32.1 Å². The fraction of sp³-hybridized carbons (Fsp3) is 0.500. The van der Waals surface area contributed by atoms with Gasteiger partial charge in [0.2, 0.25) is 11.7 Å². The third kappa shape index (κ3) is 4.51. The van der Waals surface area contributed by atoms with Gasteiger partial charge in [-0.3, -0.25) is 4.79 Å². The van der Waals surface area contributed by atoms with Crippen LogP contribution in [0.3, 0.4) is 0 Å². The van der Waals surface area contributed by atoms with Crippen LogP contribution in [-0.2, 0) is 11.3 Å². The third-order valence-corrected chi connectivity index (χ3v) is 4.37. The molecule has 7 heteroatoms. The first-order valence-electron chi connectivity index (χ1n) is 8.01. The Morgan fingerprint density at radius 2 is 2.13 bits per heavy atom. The SMILES string of the molecule is O=C(Cn1nnc(-c2cccc(Cl)c2)n1)NCC1CCCCC1. The fourth-order valence-corrected chi connectivity index (χ4v) is 3.08. The smallest absolute Gasteiger partial charge is 0.243 e. The predicted molar refractivity (Wildman–Crippen MR) is 87.8 cm³/mol. The molecule has 1 aliphatic carbocycles. The Balaban J connectivity index is 1.53. The Kier molecular flexibility index (Phi) is 5.23. The summed E-state index contributed by atoms with van der Waals surface area (Å²) in [6, 6.07) is 7.24. The summed E-state index contributed by atoms with van der Waals surface area (Å²) in [5.41, 5.74) is 0.784. The van der Waals surface area contributed by atoms with E-state index >= 15 is 0 Å². The van der Waals surface area contributed by atoms with Gasteiger partial charge in [-0.25, -0.2) is 0 Å². The maximum Gasteiger partial charge on any atom is 0.243 e. The summed E-state index contributed by atoms with van der Waals surface area (Å²) in [5, 5.41) is 15.7. The van der Waals surface area contributed by atoms with Crippen LogP contribution in [0, 0.1) is 5.92 Å². The Morgan fingerprint density at radius 1 is 1.30 bits per heavy atom. The van der Waals surface area contributed by atoms with E-state index in [1.165, 1.54) is 36.9 Å². The van der Waals surface area contributed by atoms with Crippen LogP contribution in [-0.4, -0.2) is 32.7 Å². The van der Waals surface area contributed by atoms with E-state index in [1.54, 1.807) is 12.1 Å². The minimum Gasteiger partial charge on any atom is -0.354 e. The van der Waals surface area contributed by atoms with Gasteiger partial charge in [-0.05, 0) is 36.1 Å². The molecule has 23 heavy (non-hydrogen) atoms. The summed E-state index contributed by atoms with van der Waals surface area (Å²) in [6.07, 6.45) is 6.28. The van der Waals surface area contributed by atoms with Gasteiger partial charge in [-0.15, -0.1) is 10.2 Å². The van der Waals surface area contributed by atoms with E-state index in [0.717, 1.165) is 12.1 Å². The molecule has 6 nitrogen and oxygen atoms in total. The molecule has 1 fully saturated rings. The fourth-order valence-electron chi connectivity index (χ4n) is 2.89. The number of nitrogens with one attached hydrogen (secondary N) is 1. The van der Waals surface area contributed by atoms with Crippen molar-refractivity contribution >= 4 is 17.5 Å². The van der Waals surface area contributed by atoms with Crippen molar-refractivity contribution in [3.63, 3.8) is 0 Å². The zero-order valence-electron chi connectivity index (χ0n) is 12.9. The van der Waals surface area contributed by atoms with Crippen molar-refractivity contribution in [1.29, 1.82) is 0 Å². The number of tetrazole rings is 1. The first-order valence-corrected chi connectivity index (χ1v) is 8.39. The highest BCUT2D eigenvalue weighted by molar-refractivity contribution is 6.30. The second-order valence-electron chi connectivity index (χ2n) is 5.96. The Hall–Kier alpha value is -1.95. The third-order valence-electron chi connectivity index (χ3n) is 4.13. The molecule has 2 aromatic rings. The van der Waals surface area contributed by atoms with Crippen molar-refractivity contribution in [3.05, 3.63) is 29.3 Å². The summed E-state index contributed by atoms with van der Waals surface area (Å²) < 4.78 is 0. The molecule has 0 bridgehead atoms. The van der Waals surface area contributed by atoms with E-state index in [2.05, 4.69) is 20.7 Å². The van der Waals surface area contributed by atoms with E-state index in [9.17, 15) is 4.79 Å². The van der Waals surface area contributed by atoms with Gasteiger partial charge in [0, 0.05) is 17.1 Å². The van der Waals surface area contributed by atoms with Gasteiger partial charge in [0.25, 0.3) is 0 Å². The van der Waals surface area contributed by atoms with Crippen LogP contribution in [0.5, 0.6) is 0 Å². The summed E-state index contributed by atoms with van der Waals surface area (Å²) in [4.78, 5) is 13.3. The number of carbonyl (C=O) groups excluding carboxylic acids is 1. The summed E-state index contributed by atoms with van der Waals surface area (Å²) >= 11 is 5.95. The van der Waals surface area contributed by atoms with Crippen molar-refractivity contribution in [2.45, 2.75) is 38.6 Å². The van der Waals surface area contributed by atoms with Gasteiger partial charge < -0.3 is 5.32 Å². The Morgan fingerprint density at radius 3 is 2.91 bits per heavy atom. The lowest BCUT2D eigenvalue weighted by Gasteiger charge is -2.21. The molecular weight excluding hydrogens is 314 g/mol. The number of hydrogen-bond acceptors (Lipinski definition) is 4. The molecule has 1 amide bonds. The normalized spacial score (nSPS) is 15.5. The molecule has 0 atom stereocenters. The van der Waals surface area contributed by atoms with Crippen LogP contribution in [0.25, 0.3) is 11.4 Å². The lowest BCUT2D eigenvalue weighted by atomic mass is 9.89. The second kappa shape index (κ2) is 7.55. The van der Waals surface area contributed by atoms with Crippen LogP contribution in [0.2, 0.25) is 5.02 Å². The molecule has 1 aromatic heterocycles. The van der Waals surface area contributed by atoms with Crippen LogP contribution in [0.4, 0.5) is 0 Å². The quantitative estimate of drug-likeness (QED) is 0.913. The zero-order valence-corrected chi connectivity index (χ0v) is 13.7. The highest BCUT2D eigenvalue weighted by Gasteiger charge is 2.15. The largest absolute Gasteiger partial charge is 0.354 e. The number of benzene rings is 1. The summed E-state index contributed by atoms with van der Waals surface area (Å²) in [6.45, 7) is 0.828. The summed E-state index contributed by atoms with van der Waals surface area (Å²) in [7, 11) is 0. The van der Waals surface area contributed by atoms with Crippen molar-refractivity contribution in [2.75, 3.05) is 6.54 Å². The molecule has 0 unspecified atom stereocenters. The monoisotopic (exact) mass is 333 g/mol. The highest BCUT2D eigenvalue weighted by Crippen LogP contribution is 2.22. The first-order chi connectivity index (χ1) is 11.2. The molecule has 3 rings (SSSR count). The number of aromatic nitrogens is 4. The van der Waals surface area contributed by atoms with Gasteiger partial charge >= 0.3 is 0 Å². The average Bonchev–Trinajstić information content (AvgIpc) is 3.02.